The summed E-state index contributed by atoms with van der Waals surface area (Å²) in [7, 11) is -4.34. The van der Waals surface area contributed by atoms with Gasteiger partial charge in [0.1, 0.15) is 23.0 Å². The number of aldehydes is 1. The Balaban J connectivity index is 1.90. The highest BCUT2D eigenvalue weighted by molar-refractivity contribution is 7.89. The van der Waals surface area contributed by atoms with Gasteiger partial charge in [0, 0.05) is 18.7 Å². The highest BCUT2D eigenvalue weighted by atomic mass is 32.2. The first-order chi connectivity index (χ1) is 16.1. The van der Waals surface area contributed by atoms with Crippen LogP contribution in [0.1, 0.15) is 20.3 Å². The Hall–Kier alpha value is -3.77. The number of carbonyl (C=O) groups excluding carboxylic acids is 2. The molecule has 3 aromatic rings. The first-order valence-corrected chi connectivity index (χ1v) is 11.7. The first kappa shape index (κ1) is 24.9. The molecule has 1 aromatic heterocycles. The van der Waals surface area contributed by atoms with Crippen LogP contribution >= 0.6 is 0 Å². The van der Waals surface area contributed by atoms with Crippen LogP contribution in [0.4, 0.5) is 5.69 Å². The number of sulfonamides is 1. The molecule has 11 nitrogen and oxygen atoms in total. The monoisotopic (exact) mass is 488 g/mol. The minimum Gasteiger partial charge on any atom is -0.487 e. The van der Waals surface area contributed by atoms with Gasteiger partial charge in [0.15, 0.2) is 0 Å². The summed E-state index contributed by atoms with van der Waals surface area (Å²) in [6.45, 7) is 3.39. The lowest BCUT2D eigenvalue weighted by Gasteiger charge is -2.20. The normalized spacial score (nSPS) is 13.2. The van der Waals surface area contributed by atoms with Crippen molar-refractivity contribution in [2.24, 2.45) is 0 Å². The number of aromatic nitrogens is 2. The zero-order valence-corrected chi connectivity index (χ0v) is 19.3. The second-order valence-corrected chi connectivity index (χ2v) is 9.30. The molecule has 180 valence electrons. The van der Waals surface area contributed by atoms with E-state index in [-0.39, 0.29) is 22.8 Å². The van der Waals surface area contributed by atoms with Crippen molar-refractivity contribution in [1.82, 2.24) is 14.3 Å². The quantitative estimate of drug-likeness (QED) is 0.345. The lowest BCUT2D eigenvalue weighted by atomic mass is 10.2. The van der Waals surface area contributed by atoms with E-state index in [0.29, 0.717) is 12.2 Å². The summed E-state index contributed by atoms with van der Waals surface area (Å²) in [5, 5.41) is 11.5. The molecule has 34 heavy (non-hydrogen) atoms. The van der Waals surface area contributed by atoms with Crippen LogP contribution in [-0.2, 0) is 31.0 Å². The molecule has 0 aliphatic heterocycles. The molecule has 2 aromatic carbocycles. The Morgan fingerprint density at radius 2 is 1.97 bits per heavy atom. The number of carbonyl (C=O) groups is 3. The molecular weight excluding hydrogens is 464 g/mol. The second kappa shape index (κ2) is 10.4. The smallest absolute Gasteiger partial charge is 0.305 e. The Morgan fingerprint density at radius 3 is 2.65 bits per heavy atom. The van der Waals surface area contributed by atoms with E-state index < -0.39 is 34.6 Å². The molecule has 1 amide bonds. The van der Waals surface area contributed by atoms with E-state index in [1.165, 1.54) is 25.1 Å². The predicted octanol–water partition coefficient (Wildman–Crippen LogP) is 1.78. The summed E-state index contributed by atoms with van der Waals surface area (Å²) in [4.78, 5) is 37.6. The number of rotatable bonds is 11. The molecule has 0 fully saturated rings. The van der Waals surface area contributed by atoms with E-state index in [4.69, 9.17) is 9.84 Å². The second-order valence-electron chi connectivity index (χ2n) is 7.62. The van der Waals surface area contributed by atoms with Crippen LogP contribution < -0.4 is 14.8 Å². The summed E-state index contributed by atoms with van der Waals surface area (Å²) in [6.07, 6.45) is 0.621. The van der Waals surface area contributed by atoms with Gasteiger partial charge < -0.3 is 24.5 Å². The standard InChI is InChI=1S/C22H24N4O7S/c1-14(11-26-13-23-18-5-3-4-6-19(18)26)33-20-9-16(24-15(2)28)7-8-21(20)34(31,32)25-17(12-27)10-22(29)30/h3-9,12-14,17,25H,10-11H2,1-2H3,(H,24,28)(H,29,30). The third-order valence-electron chi connectivity index (χ3n) is 4.73. The van der Waals surface area contributed by atoms with Gasteiger partial charge in [-0.2, -0.15) is 0 Å². The lowest BCUT2D eigenvalue weighted by Crippen LogP contribution is -2.37. The number of imidazole rings is 1. The Bertz CT molecular complexity index is 1320. The number of hydrogen-bond donors (Lipinski definition) is 3. The number of nitrogens with zero attached hydrogens (tertiary/aromatic N) is 2. The van der Waals surface area contributed by atoms with Crippen LogP contribution in [0.2, 0.25) is 0 Å². The molecule has 0 saturated heterocycles. The van der Waals surface area contributed by atoms with Gasteiger partial charge in [0.05, 0.1) is 36.4 Å². The van der Waals surface area contributed by atoms with Crippen LogP contribution in [0.5, 0.6) is 5.75 Å². The fourth-order valence-corrected chi connectivity index (χ4v) is 4.64. The van der Waals surface area contributed by atoms with Crippen LogP contribution in [0.3, 0.4) is 0 Å². The van der Waals surface area contributed by atoms with Gasteiger partial charge >= 0.3 is 5.97 Å². The first-order valence-electron chi connectivity index (χ1n) is 10.3. The molecule has 12 heteroatoms. The van der Waals surface area contributed by atoms with Gasteiger partial charge in [-0.1, -0.05) is 12.1 Å². The molecule has 2 atom stereocenters. The summed E-state index contributed by atoms with van der Waals surface area (Å²) in [6, 6.07) is 9.98. The SMILES string of the molecule is CC(=O)Nc1ccc(S(=O)(=O)NC(C=O)CC(=O)O)c(OC(C)Cn2cnc3ccccc32)c1. The van der Waals surface area contributed by atoms with Crippen LogP contribution in [-0.4, -0.2) is 53.4 Å². The number of nitrogens with one attached hydrogen (secondary N) is 2. The fraction of sp³-hybridized carbons (Fsp3) is 0.273. The summed E-state index contributed by atoms with van der Waals surface area (Å²) in [5.41, 5.74) is 1.98. The number of aliphatic carboxylic acids is 1. The van der Waals surface area contributed by atoms with Crippen molar-refractivity contribution < 1.29 is 32.6 Å². The molecule has 0 spiro atoms. The maximum absolute atomic E-state index is 13.0. The van der Waals surface area contributed by atoms with E-state index >= 15 is 0 Å². The van der Waals surface area contributed by atoms with Crippen molar-refractivity contribution >= 4 is 44.9 Å². The number of ether oxygens (including phenoxy) is 1. The van der Waals surface area contributed by atoms with Crippen molar-refractivity contribution in [2.45, 2.75) is 43.9 Å². The number of fused-ring (bicyclic) bond motifs is 1. The van der Waals surface area contributed by atoms with Crippen LogP contribution in [0.25, 0.3) is 11.0 Å². The van der Waals surface area contributed by atoms with Crippen LogP contribution in [0, 0.1) is 0 Å². The summed E-state index contributed by atoms with van der Waals surface area (Å²) in [5.74, 6) is -1.77. The van der Waals surface area contributed by atoms with E-state index in [1.54, 1.807) is 13.3 Å². The highest BCUT2D eigenvalue weighted by Crippen LogP contribution is 2.29. The number of benzene rings is 2. The maximum Gasteiger partial charge on any atom is 0.305 e. The predicted molar refractivity (Wildman–Crippen MR) is 123 cm³/mol. The molecule has 0 aliphatic carbocycles. The van der Waals surface area contributed by atoms with E-state index in [9.17, 15) is 22.8 Å². The van der Waals surface area contributed by atoms with Gasteiger partial charge in [0.25, 0.3) is 0 Å². The minimum atomic E-state index is -4.34. The molecule has 0 bridgehead atoms. The van der Waals surface area contributed by atoms with Crippen molar-refractivity contribution in [1.29, 1.82) is 0 Å². The largest absolute Gasteiger partial charge is 0.487 e. The molecule has 3 rings (SSSR count). The van der Waals surface area contributed by atoms with Crippen molar-refractivity contribution in [2.75, 3.05) is 5.32 Å². The molecule has 0 saturated carbocycles. The molecular formula is C22H24N4O7S. The van der Waals surface area contributed by atoms with Gasteiger partial charge in [-0.15, -0.1) is 0 Å². The number of anilines is 1. The van der Waals surface area contributed by atoms with Crippen LogP contribution in [0.15, 0.2) is 53.7 Å². The van der Waals surface area contributed by atoms with Gasteiger partial charge in [-0.05, 0) is 31.2 Å². The number of carboxylic acid groups (broad SMARTS) is 1. The third kappa shape index (κ3) is 6.17. The maximum atomic E-state index is 13.0. The zero-order valence-electron chi connectivity index (χ0n) is 18.5. The zero-order chi connectivity index (χ0) is 24.9. The number of para-hydroxylation sites is 2. The van der Waals surface area contributed by atoms with Gasteiger partial charge in [0.2, 0.25) is 15.9 Å². The molecule has 2 unspecified atom stereocenters. The Labute approximate surface area is 195 Å². The number of carboxylic acids is 1. The summed E-state index contributed by atoms with van der Waals surface area (Å²) >= 11 is 0. The Kier molecular flexibility index (Phi) is 7.64. The number of hydrogen-bond acceptors (Lipinski definition) is 7. The van der Waals surface area contributed by atoms with E-state index in [1.807, 2.05) is 28.8 Å². The lowest BCUT2D eigenvalue weighted by molar-refractivity contribution is -0.138. The van der Waals surface area contributed by atoms with E-state index in [2.05, 4.69) is 15.0 Å². The van der Waals surface area contributed by atoms with Crippen molar-refractivity contribution in [3.05, 3.63) is 48.8 Å². The molecule has 0 radical (unpaired) electrons. The fourth-order valence-electron chi connectivity index (χ4n) is 3.36. The number of amides is 1. The average molecular weight is 489 g/mol. The highest BCUT2D eigenvalue weighted by Gasteiger charge is 2.26. The minimum absolute atomic E-state index is 0.0735. The van der Waals surface area contributed by atoms with Crippen molar-refractivity contribution in [3.63, 3.8) is 0 Å². The third-order valence-corrected chi connectivity index (χ3v) is 6.26. The van der Waals surface area contributed by atoms with Gasteiger partial charge in [-0.25, -0.2) is 18.1 Å². The van der Waals surface area contributed by atoms with Crippen molar-refractivity contribution in [3.8, 4) is 5.75 Å². The average Bonchev–Trinajstić information content (AvgIpc) is 3.15. The molecule has 3 N–H and O–H groups in total. The van der Waals surface area contributed by atoms with E-state index in [0.717, 1.165) is 11.0 Å². The van der Waals surface area contributed by atoms with Gasteiger partial charge in [-0.3, -0.25) is 9.59 Å². The molecule has 0 aliphatic rings. The Morgan fingerprint density at radius 1 is 1.24 bits per heavy atom. The topological polar surface area (TPSA) is 157 Å². The summed E-state index contributed by atoms with van der Waals surface area (Å²) < 4.78 is 35.8. The molecule has 1 heterocycles.